The third-order valence-electron chi connectivity index (χ3n) is 5.19. The van der Waals surface area contributed by atoms with Gasteiger partial charge in [-0.1, -0.05) is 36.4 Å². The zero-order valence-corrected chi connectivity index (χ0v) is 15.1. The van der Waals surface area contributed by atoms with Gasteiger partial charge in [-0.3, -0.25) is 14.5 Å². The molecule has 0 radical (unpaired) electrons. The van der Waals surface area contributed by atoms with Crippen molar-refractivity contribution in [3.63, 3.8) is 0 Å². The molecule has 2 aromatic rings. The predicted molar refractivity (Wildman–Crippen MR) is 102 cm³/mol. The summed E-state index contributed by atoms with van der Waals surface area (Å²) in [5, 5.41) is 5.00. The molecule has 0 unspecified atom stereocenters. The normalized spacial score (nSPS) is 18.0. The second-order valence-corrected chi connectivity index (χ2v) is 6.83. The maximum Gasteiger partial charge on any atom is 0.324 e. The molecule has 0 atom stereocenters. The van der Waals surface area contributed by atoms with E-state index in [9.17, 15) is 14.4 Å². The Hall–Kier alpha value is -3.09. The van der Waals surface area contributed by atoms with Gasteiger partial charge in [-0.2, -0.15) is 0 Å². The van der Waals surface area contributed by atoms with Gasteiger partial charge in [0.1, 0.15) is 6.54 Å². The number of anilines is 1. The Balaban J connectivity index is 1.40. The van der Waals surface area contributed by atoms with Crippen LogP contribution >= 0.6 is 0 Å². The van der Waals surface area contributed by atoms with Crippen molar-refractivity contribution < 1.29 is 14.4 Å². The first-order valence-electron chi connectivity index (χ1n) is 9.22. The molecule has 2 aliphatic rings. The highest BCUT2D eigenvalue weighted by molar-refractivity contribution is 6.00. The van der Waals surface area contributed by atoms with Crippen molar-refractivity contribution in [3.8, 4) is 0 Å². The van der Waals surface area contributed by atoms with Gasteiger partial charge in [0.2, 0.25) is 11.8 Å². The van der Waals surface area contributed by atoms with Gasteiger partial charge >= 0.3 is 6.03 Å². The molecule has 2 aromatic carbocycles. The molecule has 2 heterocycles. The first kappa shape index (κ1) is 17.3. The molecule has 2 fully saturated rings. The molecule has 1 N–H and O–H groups in total. The lowest BCUT2D eigenvalue weighted by Crippen LogP contribution is -2.56. The molecule has 0 spiro atoms. The molecule has 4 amide bonds. The lowest BCUT2D eigenvalue weighted by atomic mass is 10.1. The molecule has 7 nitrogen and oxygen atoms in total. The summed E-state index contributed by atoms with van der Waals surface area (Å²) in [5.74, 6) is -0.473. The highest BCUT2D eigenvalue weighted by Crippen LogP contribution is 2.27. The molecule has 0 bridgehead atoms. The molecule has 7 heteroatoms. The number of rotatable bonds is 3. The molecule has 2 saturated heterocycles. The zero-order chi connectivity index (χ0) is 18.8. The Bertz CT molecular complexity index is 868. The zero-order valence-electron chi connectivity index (χ0n) is 15.1. The highest BCUT2D eigenvalue weighted by atomic mass is 16.2. The van der Waals surface area contributed by atoms with E-state index in [1.54, 1.807) is 4.90 Å². The van der Waals surface area contributed by atoms with Crippen molar-refractivity contribution in [2.45, 2.75) is 6.42 Å². The van der Waals surface area contributed by atoms with Crippen LogP contribution in [0.4, 0.5) is 10.5 Å². The van der Waals surface area contributed by atoms with E-state index in [2.05, 4.69) is 40.5 Å². The highest BCUT2D eigenvalue weighted by Gasteiger charge is 2.30. The maximum atomic E-state index is 12.5. The third-order valence-corrected chi connectivity index (χ3v) is 5.19. The maximum absolute atomic E-state index is 12.5. The van der Waals surface area contributed by atoms with Crippen LogP contribution in [0.25, 0.3) is 10.8 Å². The van der Waals surface area contributed by atoms with Gasteiger partial charge in [-0.25, -0.2) is 4.79 Å². The first-order chi connectivity index (χ1) is 13.1. The number of hydrogen-bond donors (Lipinski definition) is 1. The SMILES string of the molecule is O=C(CN1C(=O)CCNC1=O)N1CCN(c2cccc3ccccc23)CC1. The average molecular weight is 366 g/mol. The number of carbonyl (C=O) groups is 3. The lowest BCUT2D eigenvalue weighted by Gasteiger charge is -2.37. The second kappa shape index (κ2) is 7.26. The van der Waals surface area contributed by atoms with Crippen LogP contribution in [0.5, 0.6) is 0 Å². The van der Waals surface area contributed by atoms with Crippen LogP contribution < -0.4 is 10.2 Å². The molecule has 0 aromatic heterocycles. The van der Waals surface area contributed by atoms with E-state index in [1.807, 2.05) is 12.1 Å². The average Bonchev–Trinajstić information content (AvgIpc) is 2.70. The monoisotopic (exact) mass is 366 g/mol. The predicted octanol–water partition coefficient (Wildman–Crippen LogP) is 1.43. The number of nitrogens with one attached hydrogen (secondary N) is 1. The number of imide groups is 1. The van der Waals surface area contributed by atoms with Crippen LogP contribution in [0, 0.1) is 0 Å². The number of amides is 4. The van der Waals surface area contributed by atoms with Crippen molar-refractivity contribution in [2.24, 2.45) is 0 Å². The van der Waals surface area contributed by atoms with Crippen molar-refractivity contribution in [2.75, 3.05) is 44.2 Å². The number of urea groups is 1. The van der Waals surface area contributed by atoms with E-state index in [4.69, 9.17) is 0 Å². The fraction of sp³-hybridized carbons (Fsp3) is 0.350. The number of hydrogen-bond acceptors (Lipinski definition) is 4. The largest absolute Gasteiger partial charge is 0.367 e. The van der Waals surface area contributed by atoms with Crippen molar-refractivity contribution in [1.82, 2.24) is 15.1 Å². The summed E-state index contributed by atoms with van der Waals surface area (Å²) >= 11 is 0. The van der Waals surface area contributed by atoms with E-state index < -0.39 is 6.03 Å². The third kappa shape index (κ3) is 3.45. The summed E-state index contributed by atoms with van der Waals surface area (Å²) in [7, 11) is 0. The van der Waals surface area contributed by atoms with Gasteiger partial charge in [-0.05, 0) is 11.5 Å². The van der Waals surface area contributed by atoms with Crippen LogP contribution in [0.15, 0.2) is 42.5 Å². The summed E-state index contributed by atoms with van der Waals surface area (Å²) in [6.45, 7) is 2.75. The number of fused-ring (bicyclic) bond motifs is 1. The summed E-state index contributed by atoms with van der Waals surface area (Å²) < 4.78 is 0. The molecular weight excluding hydrogens is 344 g/mol. The van der Waals surface area contributed by atoms with Crippen molar-refractivity contribution >= 4 is 34.3 Å². The van der Waals surface area contributed by atoms with Crippen LogP contribution in [0.1, 0.15) is 6.42 Å². The minimum absolute atomic E-state index is 0.182. The smallest absolute Gasteiger partial charge is 0.324 e. The minimum atomic E-state index is -0.478. The molecule has 2 aliphatic heterocycles. The summed E-state index contributed by atoms with van der Waals surface area (Å²) in [6.07, 6.45) is 0.244. The van der Waals surface area contributed by atoms with Crippen LogP contribution in [-0.4, -0.2) is 66.9 Å². The summed E-state index contributed by atoms with van der Waals surface area (Å²) in [4.78, 5) is 41.2. The van der Waals surface area contributed by atoms with E-state index in [0.717, 1.165) is 18.0 Å². The number of piperazine rings is 1. The van der Waals surface area contributed by atoms with E-state index >= 15 is 0 Å². The van der Waals surface area contributed by atoms with Crippen molar-refractivity contribution in [3.05, 3.63) is 42.5 Å². The standard InChI is InChI=1S/C20H22N4O3/c25-18-8-9-21-20(27)24(18)14-19(26)23-12-10-22(11-13-23)17-7-3-5-15-4-1-2-6-16(15)17/h1-7H,8-14H2,(H,21,27). The molecule has 0 aliphatic carbocycles. The fourth-order valence-electron chi connectivity index (χ4n) is 3.70. The van der Waals surface area contributed by atoms with E-state index in [0.29, 0.717) is 19.6 Å². The molecular formula is C20H22N4O3. The van der Waals surface area contributed by atoms with Crippen LogP contribution in [0.3, 0.4) is 0 Å². The number of benzene rings is 2. The topological polar surface area (TPSA) is 73.0 Å². The Morgan fingerprint density at radius 1 is 0.963 bits per heavy atom. The van der Waals surface area contributed by atoms with Gasteiger partial charge in [0, 0.05) is 50.2 Å². The first-order valence-corrected chi connectivity index (χ1v) is 9.22. The second-order valence-electron chi connectivity index (χ2n) is 6.83. The lowest BCUT2D eigenvalue weighted by molar-refractivity contribution is -0.138. The van der Waals surface area contributed by atoms with E-state index in [1.165, 1.54) is 16.5 Å². The van der Waals surface area contributed by atoms with Gasteiger partial charge in [0.25, 0.3) is 0 Å². The van der Waals surface area contributed by atoms with Crippen LogP contribution in [-0.2, 0) is 9.59 Å². The van der Waals surface area contributed by atoms with Gasteiger partial charge in [0.05, 0.1) is 0 Å². The Kier molecular flexibility index (Phi) is 4.66. The molecule has 4 rings (SSSR count). The molecule has 0 saturated carbocycles. The van der Waals surface area contributed by atoms with Gasteiger partial charge in [0.15, 0.2) is 0 Å². The minimum Gasteiger partial charge on any atom is -0.367 e. The Morgan fingerprint density at radius 3 is 2.48 bits per heavy atom. The van der Waals surface area contributed by atoms with Gasteiger partial charge in [-0.15, -0.1) is 0 Å². The Morgan fingerprint density at radius 2 is 1.70 bits per heavy atom. The van der Waals surface area contributed by atoms with Crippen molar-refractivity contribution in [1.29, 1.82) is 0 Å². The Labute approximate surface area is 157 Å². The van der Waals surface area contributed by atoms with Gasteiger partial charge < -0.3 is 15.1 Å². The fourth-order valence-corrected chi connectivity index (χ4v) is 3.70. The molecule has 140 valence electrons. The number of carbonyl (C=O) groups excluding carboxylic acids is 3. The van der Waals surface area contributed by atoms with E-state index in [-0.39, 0.29) is 24.8 Å². The quantitative estimate of drug-likeness (QED) is 0.892. The summed E-state index contributed by atoms with van der Waals surface area (Å²) in [6, 6.07) is 14.1. The number of nitrogens with zero attached hydrogens (tertiary/aromatic N) is 3. The molecule has 27 heavy (non-hydrogen) atoms. The summed E-state index contributed by atoms with van der Waals surface area (Å²) in [5.41, 5.74) is 1.17. The van der Waals surface area contributed by atoms with Crippen LogP contribution in [0.2, 0.25) is 0 Å².